The first kappa shape index (κ1) is 30.2. The zero-order valence-electron chi connectivity index (χ0n) is 20.7. The van der Waals surface area contributed by atoms with Crippen LogP contribution in [0.15, 0.2) is 18.2 Å². The van der Waals surface area contributed by atoms with Gasteiger partial charge in [-0.1, -0.05) is 6.07 Å². The minimum atomic E-state index is -3.50. The fourth-order valence-corrected chi connectivity index (χ4v) is 5.05. The molecule has 12 nitrogen and oxygen atoms in total. The van der Waals surface area contributed by atoms with Gasteiger partial charge in [0.1, 0.15) is 0 Å². The van der Waals surface area contributed by atoms with Crippen molar-refractivity contribution >= 4 is 31.1 Å². The molecule has 1 N–H and O–H groups in total. The predicted molar refractivity (Wildman–Crippen MR) is 126 cm³/mol. The maximum atomic E-state index is 13.0. The second-order valence-corrected chi connectivity index (χ2v) is 9.52. The Balaban J connectivity index is 3.59. The molecule has 13 heteroatoms. The number of hydrogen-bond donors (Lipinski definition) is 1. The van der Waals surface area contributed by atoms with E-state index in [-0.39, 0.29) is 44.7 Å². The Morgan fingerprint density at radius 2 is 1.51 bits per heavy atom. The van der Waals surface area contributed by atoms with Crippen molar-refractivity contribution in [1.82, 2.24) is 5.32 Å². The predicted octanol–water partition coefficient (Wildman–Crippen LogP) is 2.95. The maximum absolute atomic E-state index is 13.0. The Morgan fingerprint density at radius 3 is 1.94 bits per heavy atom. The average molecular weight is 516 g/mol. The molecule has 0 radical (unpaired) electrons. The lowest BCUT2D eigenvalue weighted by atomic mass is 9.87. The summed E-state index contributed by atoms with van der Waals surface area (Å²) >= 11 is 0. The lowest BCUT2D eigenvalue weighted by Crippen LogP contribution is -2.62. The van der Waals surface area contributed by atoms with Crippen molar-refractivity contribution < 1.29 is 42.4 Å². The van der Waals surface area contributed by atoms with Crippen LogP contribution in [0.3, 0.4) is 0 Å². The first-order valence-corrected chi connectivity index (χ1v) is 13.0. The number of amides is 1. The van der Waals surface area contributed by atoms with Gasteiger partial charge in [0.15, 0.2) is 0 Å². The lowest BCUT2D eigenvalue weighted by molar-refractivity contribution is -0.384. The molecule has 0 saturated heterocycles. The van der Waals surface area contributed by atoms with Crippen LogP contribution in [-0.2, 0) is 50.3 Å². The van der Waals surface area contributed by atoms with Gasteiger partial charge in [-0.2, -0.15) is 0 Å². The molecule has 0 atom stereocenters. The summed E-state index contributed by atoms with van der Waals surface area (Å²) in [4.78, 5) is 48.7. The Morgan fingerprint density at radius 1 is 0.971 bits per heavy atom. The molecule has 1 aromatic carbocycles. The van der Waals surface area contributed by atoms with Gasteiger partial charge >= 0.3 is 19.5 Å². The molecule has 0 aromatic heterocycles. The van der Waals surface area contributed by atoms with Crippen LogP contribution in [0.2, 0.25) is 0 Å². The molecule has 0 heterocycles. The normalized spacial score (nSPS) is 11.6. The van der Waals surface area contributed by atoms with Crippen molar-refractivity contribution in [3.63, 3.8) is 0 Å². The molecule has 0 aliphatic carbocycles. The molecule has 0 aliphatic rings. The Bertz CT molecular complexity index is 938. The number of carbonyl (C=O) groups is 3. The number of rotatable bonds is 15. The number of esters is 2. The van der Waals surface area contributed by atoms with Gasteiger partial charge in [-0.05, 0) is 45.2 Å². The van der Waals surface area contributed by atoms with Crippen LogP contribution in [0, 0.1) is 10.1 Å². The quantitative estimate of drug-likeness (QED) is 0.121. The molecular formula is C22H33N2O10P. The molecule has 0 saturated carbocycles. The topological polar surface area (TPSA) is 160 Å². The van der Waals surface area contributed by atoms with E-state index in [2.05, 4.69) is 5.32 Å². The number of carbonyl (C=O) groups excluding carboxylic acids is 3. The zero-order chi connectivity index (χ0) is 26.6. The van der Waals surface area contributed by atoms with E-state index in [9.17, 15) is 29.1 Å². The van der Waals surface area contributed by atoms with E-state index >= 15 is 0 Å². The summed E-state index contributed by atoms with van der Waals surface area (Å²) in [5, 5.41) is 13.7. The second kappa shape index (κ2) is 13.9. The highest BCUT2D eigenvalue weighted by Gasteiger charge is 2.50. The highest BCUT2D eigenvalue weighted by atomic mass is 31.2. The van der Waals surface area contributed by atoms with Gasteiger partial charge in [0.05, 0.1) is 37.5 Å². The summed E-state index contributed by atoms with van der Waals surface area (Å²) in [7, 11) is -3.50. The van der Waals surface area contributed by atoms with E-state index in [1.807, 2.05) is 0 Å². The van der Waals surface area contributed by atoms with Crippen LogP contribution in [0.5, 0.6) is 0 Å². The van der Waals surface area contributed by atoms with Crippen molar-refractivity contribution in [1.29, 1.82) is 0 Å². The Labute approximate surface area is 204 Å². The van der Waals surface area contributed by atoms with Gasteiger partial charge in [0, 0.05) is 25.5 Å². The minimum absolute atomic E-state index is 0.0100. The van der Waals surface area contributed by atoms with Gasteiger partial charge in [0.25, 0.3) is 5.69 Å². The number of nitrogens with zero attached hydrogens (tertiary/aromatic N) is 1. The van der Waals surface area contributed by atoms with Crippen LogP contribution >= 0.6 is 7.60 Å². The summed E-state index contributed by atoms with van der Waals surface area (Å²) in [6.07, 6.45) is -0.504. The molecule has 0 spiro atoms. The van der Waals surface area contributed by atoms with Crippen molar-refractivity contribution in [2.75, 3.05) is 32.6 Å². The lowest BCUT2D eigenvalue weighted by Gasteiger charge is -2.30. The first-order chi connectivity index (χ1) is 16.5. The third-order valence-electron chi connectivity index (χ3n) is 4.80. The van der Waals surface area contributed by atoms with Crippen molar-refractivity contribution in [3.8, 4) is 0 Å². The van der Waals surface area contributed by atoms with Crippen LogP contribution in [0.1, 0.15) is 45.7 Å². The Kier molecular flexibility index (Phi) is 12.0. The molecule has 196 valence electrons. The minimum Gasteiger partial charge on any atom is -0.464 e. The largest absolute Gasteiger partial charge is 0.464 e. The summed E-state index contributed by atoms with van der Waals surface area (Å²) in [5.74, 6) is -2.76. The number of aryl methyl sites for hydroxylation is 1. The third kappa shape index (κ3) is 8.41. The van der Waals surface area contributed by atoms with Crippen molar-refractivity contribution in [2.45, 2.75) is 53.0 Å². The van der Waals surface area contributed by atoms with E-state index in [1.54, 1.807) is 13.8 Å². The van der Waals surface area contributed by atoms with Crippen LogP contribution in [0.4, 0.5) is 5.69 Å². The van der Waals surface area contributed by atoms with E-state index in [0.717, 1.165) is 6.92 Å². The van der Waals surface area contributed by atoms with Gasteiger partial charge in [0.2, 0.25) is 11.4 Å². The Hall–Kier alpha value is -2.82. The van der Waals surface area contributed by atoms with Gasteiger partial charge < -0.3 is 23.8 Å². The van der Waals surface area contributed by atoms with E-state index < -0.39 is 42.3 Å². The highest BCUT2D eigenvalue weighted by Crippen LogP contribution is 2.48. The maximum Gasteiger partial charge on any atom is 0.344 e. The molecule has 1 rings (SSSR count). The number of ether oxygens (including phenoxy) is 2. The summed E-state index contributed by atoms with van der Waals surface area (Å²) < 4.78 is 33.7. The second-order valence-electron chi connectivity index (χ2n) is 7.33. The molecule has 0 unspecified atom stereocenters. The highest BCUT2D eigenvalue weighted by molar-refractivity contribution is 7.53. The number of hydrogen-bond acceptors (Lipinski definition) is 10. The van der Waals surface area contributed by atoms with Gasteiger partial charge in [-0.25, -0.2) is 9.59 Å². The smallest absolute Gasteiger partial charge is 0.344 e. The molecule has 0 fully saturated rings. The van der Waals surface area contributed by atoms with Crippen molar-refractivity contribution in [3.05, 3.63) is 39.4 Å². The standard InChI is InChI=1S/C22H33N2O10P/c1-6-31-20(26)22(23-16(5)25,21(27)32-7-2)15-18-10-11-19(24(28)29)14-17(18)12-13-35(30,33-8-3)34-9-4/h10-11,14H,6-9,12-13,15H2,1-5H3,(H,23,25). The molecule has 0 aliphatic heterocycles. The van der Waals surface area contributed by atoms with Crippen LogP contribution in [0.25, 0.3) is 0 Å². The van der Waals surface area contributed by atoms with Crippen LogP contribution in [-0.4, -0.2) is 60.9 Å². The average Bonchev–Trinajstić information content (AvgIpc) is 2.78. The van der Waals surface area contributed by atoms with E-state index in [1.165, 1.54) is 32.0 Å². The third-order valence-corrected chi connectivity index (χ3v) is 6.87. The molecule has 1 amide bonds. The number of non-ortho nitro benzene ring substituents is 1. The number of nitrogens with one attached hydrogen (secondary N) is 1. The summed E-state index contributed by atoms with van der Waals surface area (Å²) in [5.41, 5.74) is -1.84. The SMILES string of the molecule is CCOC(=O)C(Cc1ccc([N+](=O)[O-])cc1CCP(=O)(OCC)OCC)(NC(C)=O)C(=O)OCC. The number of benzene rings is 1. The van der Waals surface area contributed by atoms with Gasteiger partial charge in [-0.15, -0.1) is 0 Å². The molecular weight excluding hydrogens is 483 g/mol. The van der Waals surface area contributed by atoms with Crippen molar-refractivity contribution in [2.24, 2.45) is 0 Å². The van der Waals surface area contributed by atoms with Crippen LogP contribution < -0.4 is 5.32 Å². The zero-order valence-corrected chi connectivity index (χ0v) is 21.6. The summed E-state index contributed by atoms with van der Waals surface area (Å²) in [6, 6.07) is 3.83. The monoisotopic (exact) mass is 516 g/mol. The fourth-order valence-electron chi connectivity index (χ4n) is 3.42. The molecule has 1 aromatic rings. The fraction of sp³-hybridized carbons (Fsp3) is 0.591. The summed E-state index contributed by atoms with van der Waals surface area (Å²) in [6.45, 7) is 7.65. The molecule has 35 heavy (non-hydrogen) atoms. The first-order valence-electron chi connectivity index (χ1n) is 11.3. The van der Waals surface area contributed by atoms with E-state index in [4.69, 9.17) is 18.5 Å². The molecule has 0 bridgehead atoms. The van der Waals surface area contributed by atoms with E-state index in [0.29, 0.717) is 11.1 Å². The van der Waals surface area contributed by atoms with Gasteiger partial charge in [-0.3, -0.25) is 19.5 Å². The number of nitro groups is 1. The number of nitro benzene ring substituents is 1.